The van der Waals surface area contributed by atoms with Crippen molar-refractivity contribution in [1.29, 1.82) is 0 Å². The van der Waals surface area contributed by atoms with Gasteiger partial charge in [0.2, 0.25) is 0 Å². The van der Waals surface area contributed by atoms with Crippen molar-refractivity contribution in [3.8, 4) is 0 Å². The third-order valence-electron chi connectivity index (χ3n) is 4.19. The first-order valence-electron chi connectivity index (χ1n) is 8.61. The predicted molar refractivity (Wildman–Crippen MR) is 120 cm³/mol. The number of hydrogen-bond acceptors (Lipinski definition) is 8. The molecule has 0 amide bonds. The van der Waals surface area contributed by atoms with Crippen LogP contribution in [0.2, 0.25) is 0 Å². The van der Waals surface area contributed by atoms with Gasteiger partial charge >= 0.3 is 75.9 Å². The van der Waals surface area contributed by atoms with Crippen molar-refractivity contribution < 1.29 is 67.6 Å². The van der Waals surface area contributed by atoms with Crippen molar-refractivity contribution >= 4 is 75.9 Å². The van der Waals surface area contributed by atoms with Crippen LogP contribution in [0.25, 0.3) is 0 Å². The van der Waals surface area contributed by atoms with Gasteiger partial charge in [-0.15, -0.1) is 0 Å². The molecule has 0 saturated heterocycles. The number of hydrogen-bond donors (Lipinski definition) is 10. The zero-order valence-corrected chi connectivity index (χ0v) is 24.6. The summed E-state index contributed by atoms with van der Waals surface area (Å²) in [6.45, 7) is 0. The Morgan fingerprint density at radius 1 is 0.600 bits per heavy atom. The molecular formula is C14H22N2O14P4Sr+2. The molecule has 0 saturated carbocycles. The Hall–Kier alpha value is 0.301. The summed E-state index contributed by atoms with van der Waals surface area (Å²) in [5.41, 5.74) is 0.198. The molecule has 10 N–H and O–H groups in total. The van der Waals surface area contributed by atoms with Gasteiger partial charge < -0.3 is 49.4 Å². The van der Waals surface area contributed by atoms with Crippen molar-refractivity contribution in [2.24, 2.45) is 0 Å². The maximum Gasteiger partial charge on any atom is 2.00 e. The van der Waals surface area contributed by atoms with E-state index in [1.807, 2.05) is 0 Å². The maximum absolute atomic E-state index is 11.0. The summed E-state index contributed by atoms with van der Waals surface area (Å²) in [5, 5.41) is 12.3. The van der Waals surface area contributed by atoms with E-state index < -0.39 is 53.4 Å². The van der Waals surface area contributed by atoms with Gasteiger partial charge in [-0.25, -0.2) is 0 Å². The number of rotatable bonds is 8. The Morgan fingerprint density at radius 3 is 1.03 bits per heavy atom. The van der Waals surface area contributed by atoms with Crippen LogP contribution in [0.1, 0.15) is 11.1 Å². The largest absolute Gasteiger partial charge is 2.00 e. The van der Waals surface area contributed by atoms with Crippen LogP contribution in [-0.4, -0.2) is 115 Å². The molecule has 0 aliphatic carbocycles. The second kappa shape index (κ2) is 12.9. The molecule has 0 fully saturated rings. The maximum atomic E-state index is 11.0. The minimum Gasteiger partial charge on any atom is -0.367 e. The van der Waals surface area contributed by atoms with Crippen molar-refractivity contribution in [2.75, 3.05) is 0 Å². The normalized spacial score (nSPS) is 13.3. The molecule has 0 spiro atoms. The van der Waals surface area contributed by atoms with Gasteiger partial charge in [-0.3, -0.25) is 28.2 Å². The second-order valence-electron chi connectivity index (χ2n) is 6.80. The molecule has 2 aromatic heterocycles. The van der Waals surface area contributed by atoms with Crippen LogP contribution in [0.5, 0.6) is 0 Å². The fraction of sp³-hybridized carbons (Fsp3) is 0.286. The summed E-state index contributed by atoms with van der Waals surface area (Å²) in [5.74, 6) is 0. The summed E-state index contributed by atoms with van der Waals surface area (Å²) in [7, 11) is -21.6. The van der Waals surface area contributed by atoms with Gasteiger partial charge in [-0.05, 0) is 23.3 Å². The Kier molecular flexibility index (Phi) is 13.0. The zero-order chi connectivity index (χ0) is 26.6. The summed E-state index contributed by atoms with van der Waals surface area (Å²) >= 11 is 0. The molecule has 0 aliphatic rings. The third-order valence-corrected chi connectivity index (χ3v) is 11.7. The van der Waals surface area contributed by atoms with Crippen LogP contribution in [0.4, 0.5) is 0 Å². The van der Waals surface area contributed by atoms with E-state index in [9.17, 15) is 28.5 Å². The van der Waals surface area contributed by atoms with Crippen LogP contribution in [0, 0.1) is 0 Å². The molecular weight excluding hydrogens is 632 g/mol. The number of nitrogens with zero attached hydrogens (tertiary/aromatic N) is 2. The molecule has 0 unspecified atom stereocenters. The minimum atomic E-state index is -5.41. The van der Waals surface area contributed by atoms with Crippen LogP contribution in [-0.2, 0) is 31.1 Å². The molecule has 2 heterocycles. The second-order valence-corrected chi connectivity index (χ2v) is 14.8. The first-order valence-corrected chi connectivity index (χ1v) is 15.1. The molecule has 0 bridgehead atoms. The van der Waals surface area contributed by atoms with Gasteiger partial charge in [0.05, 0.1) is 0 Å². The third kappa shape index (κ3) is 9.22. The monoisotopic (exact) mass is 654 g/mol. The van der Waals surface area contributed by atoms with Crippen LogP contribution >= 0.6 is 30.4 Å². The first-order chi connectivity index (χ1) is 15.2. The van der Waals surface area contributed by atoms with Crippen molar-refractivity contribution in [1.82, 2.24) is 9.97 Å². The van der Waals surface area contributed by atoms with Crippen molar-refractivity contribution in [3.63, 3.8) is 0 Å². The Labute approximate surface area is 235 Å². The van der Waals surface area contributed by atoms with Crippen molar-refractivity contribution in [2.45, 2.75) is 23.0 Å². The smallest absolute Gasteiger partial charge is 0.367 e. The number of pyridine rings is 2. The van der Waals surface area contributed by atoms with E-state index in [0.717, 1.165) is 12.4 Å². The number of aliphatic hydroxyl groups is 2. The fourth-order valence-electron chi connectivity index (χ4n) is 2.30. The minimum absolute atomic E-state index is 0. The molecule has 0 radical (unpaired) electrons. The summed E-state index contributed by atoms with van der Waals surface area (Å²) in [6, 6.07) is 5.50. The molecule has 2 rings (SSSR count). The Morgan fingerprint density at radius 2 is 0.857 bits per heavy atom. The SMILES string of the molecule is O=P(O)(O)C(O)(Cc1cccnc1)P(=O)(O)O.O=P(O)(O)C(O)(Cc1cccnc1)P(=O)(O)O.[Sr+2]. The van der Waals surface area contributed by atoms with Gasteiger partial charge in [0.1, 0.15) is 0 Å². The van der Waals surface area contributed by atoms with Crippen LogP contribution in [0.3, 0.4) is 0 Å². The molecule has 2 aromatic rings. The summed E-state index contributed by atoms with van der Waals surface area (Å²) in [4.78, 5) is 78.3. The average Bonchev–Trinajstić information content (AvgIpc) is 2.66. The molecule has 0 atom stereocenters. The van der Waals surface area contributed by atoms with Gasteiger partial charge in [-0.1, -0.05) is 12.1 Å². The molecule has 192 valence electrons. The number of aromatic nitrogens is 2. The molecule has 21 heteroatoms. The van der Waals surface area contributed by atoms with Crippen molar-refractivity contribution in [3.05, 3.63) is 60.2 Å². The van der Waals surface area contributed by atoms with Gasteiger partial charge in [0, 0.05) is 37.6 Å². The topological polar surface area (TPSA) is 296 Å². The van der Waals surface area contributed by atoms with Crippen LogP contribution < -0.4 is 0 Å². The van der Waals surface area contributed by atoms with Gasteiger partial charge in [0.25, 0.3) is 10.2 Å². The van der Waals surface area contributed by atoms with E-state index in [1.54, 1.807) is 0 Å². The Balaban J connectivity index is 0.000000642. The summed E-state index contributed by atoms with van der Waals surface area (Å²) in [6.07, 6.45) is 3.26. The fourth-order valence-corrected chi connectivity index (χ4v) is 6.57. The van der Waals surface area contributed by atoms with E-state index in [1.165, 1.54) is 36.7 Å². The van der Waals surface area contributed by atoms with E-state index >= 15 is 0 Å². The molecule has 0 aliphatic heterocycles. The molecule has 35 heavy (non-hydrogen) atoms. The standard InChI is InChI=1S/2C7H11NO7P2.Sr/c2*9-7(16(10,11)12,17(13,14)15)4-6-2-1-3-8-5-6;/h2*1-3,5,9H,4H2,(H2,10,11,12)(H2,13,14,15);/q;;+2. The van der Waals surface area contributed by atoms with E-state index in [4.69, 9.17) is 39.1 Å². The Bertz CT molecular complexity index is 1010. The summed E-state index contributed by atoms with van der Waals surface area (Å²) < 4.78 is 44.1. The van der Waals surface area contributed by atoms with E-state index in [-0.39, 0.29) is 56.6 Å². The van der Waals surface area contributed by atoms with Gasteiger partial charge in [0.15, 0.2) is 0 Å². The van der Waals surface area contributed by atoms with Gasteiger partial charge in [-0.2, -0.15) is 0 Å². The van der Waals surface area contributed by atoms with E-state index in [0.29, 0.717) is 0 Å². The average molecular weight is 654 g/mol. The first kappa shape index (κ1) is 35.3. The predicted octanol–water partition coefficient (Wildman–Crippen LogP) is -1.13. The molecule has 0 aromatic carbocycles. The zero-order valence-electron chi connectivity index (χ0n) is 17.5. The quantitative estimate of drug-likeness (QED) is 0.119. The van der Waals surface area contributed by atoms with E-state index in [2.05, 4.69) is 9.97 Å². The molecule has 16 nitrogen and oxygen atoms in total. The van der Waals surface area contributed by atoms with Crippen LogP contribution in [0.15, 0.2) is 49.1 Å².